The van der Waals surface area contributed by atoms with E-state index in [-0.39, 0.29) is 0 Å². The maximum atomic E-state index is 4.53. The Bertz CT molecular complexity index is 807. The van der Waals surface area contributed by atoms with Gasteiger partial charge >= 0.3 is 0 Å². The predicted octanol–water partition coefficient (Wildman–Crippen LogP) is 4.49. The summed E-state index contributed by atoms with van der Waals surface area (Å²) in [7, 11) is 0. The number of fused-ring (bicyclic) bond motifs is 1. The van der Waals surface area contributed by atoms with Gasteiger partial charge in [0, 0.05) is 28.2 Å². The number of benzene rings is 2. The highest BCUT2D eigenvalue weighted by molar-refractivity contribution is 9.10. The molecule has 0 unspecified atom stereocenters. The molecule has 4 nitrogen and oxygen atoms in total. The molecule has 0 atom stereocenters. The van der Waals surface area contributed by atoms with Crippen molar-refractivity contribution >= 4 is 38.9 Å². The lowest BCUT2D eigenvalue weighted by molar-refractivity contribution is 0.975. The first-order valence-corrected chi connectivity index (χ1v) is 7.79. The zero-order valence-electron chi connectivity index (χ0n) is 11.7. The molecule has 108 valence electrons. The summed E-state index contributed by atoms with van der Waals surface area (Å²) in [6.07, 6.45) is 3.47. The van der Waals surface area contributed by atoms with Crippen LogP contribution in [0, 0.1) is 0 Å². The van der Waals surface area contributed by atoms with Crippen LogP contribution in [0.1, 0.15) is 0 Å². The Morgan fingerprint density at radius 1 is 0.773 bits per heavy atom. The molecular formula is C17H13BrN4. The van der Waals surface area contributed by atoms with Crippen LogP contribution in [0.4, 0.5) is 23.0 Å². The largest absolute Gasteiger partial charge is 0.305 e. The van der Waals surface area contributed by atoms with Gasteiger partial charge in [-0.1, -0.05) is 40.2 Å². The van der Waals surface area contributed by atoms with Crippen LogP contribution < -0.4 is 9.80 Å². The standard InChI is InChI=1S/C17H13BrN4/c18-13-5-4-8-15(11-13)22-12-21(14-6-2-1-3-7-14)16-17(22)20-10-9-19-16/h1-11H,12H2. The molecule has 2 aromatic carbocycles. The number of hydrogen-bond donors (Lipinski definition) is 0. The zero-order chi connectivity index (χ0) is 14.9. The first-order chi connectivity index (χ1) is 10.8. The van der Waals surface area contributed by atoms with Crippen molar-refractivity contribution < 1.29 is 0 Å². The maximum absolute atomic E-state index is 4.53. The van der Waals surface area contributed by atoms with Crippen LogP contribution in [0.3, 0.4) is 0 Å². The van der Waals surface area contributed by atoms with Gasteiger partial charge in [0.15, 0.2) is 11.6 Å². The second-order valence-electron chi connectivity index (χ2n) is 5.02. The fraction of sp³-hybridized carbons (Fsp3) is 0.0588. The number of nitrogens with zero attached hydrogens (tertiary/aromatic N) is 4. The van der Waals surface area contributed by atoms with Gasteiger partial charge in [-0.05, 0) is 30.3 Å². The van der Waals surface area contributed by atoms with Crippen molar-refractivity contribution in [1.29, 1.82) is 0 Å². The van der Waals surface area contributed by atoms with Gasteiger partial charge in [-0.3, -0.25) is 0 Å². The summed E-state index contributed by atoms with van der Waals surface area (Å²) in [5.74, 6) is 1.76. The van der Waals surface area contributed by atoms with Gasteiger partial charge in [0.2, 0.25) is 0 Å². The summed E-state index contributed by atoms with van der Waals surface area (Å²) in [5.41, 5.74) is 2.20. The van der Waals surface area contributed by atoms with E-state index in [1.54, 1.807) is 12.4 Å². The van der Waals surface area contributed by atoms with Crippen LogP contribution in [0.5, 0.6) is 0 Å². The van der Waals surface area contributed by atoms with Crippen molar-refractivity contribution in [2.45, 2.75) is 0 Å². The molecule has 4 rings (SSSR count). The van der Waals surface area contributed by atoms with Crippen LogP contribution in [0.25, 0.3) is 0 Å². The molecule has 0 radical (unpaired) electrons. The number of rotatable bonds is 2. The van der Waals surface area contributed by atoms with Gasteiger partial charge in [-0.15, -0.1) is 0 Å². The molecule has 0 N–H and O–H groups in total. The third kappa shape index (κ3) is 2.23. The highest BCUT2D eigenvalue weighted by Crippen LogP contribution is 2.41. The molecule has 0 spiro atoms. The fourth-order valence-corrected chi connectivity index (χ4v) is 3.03. The van der Waals surface area contributed by atoms with E-state index in [1.165, 1.54) is 0 Å². The van der Waals surface area contributed by atoms with E-state index in [9.17, 15) is 0 Å². The van der Waals surface area contributed by atoms with Gasteiger partial charge in [0.1, 0.15) is 6.67 Å². The molecule has 0 aliphatic carbocycles. The van der Waals surface area contributed by atoms with E-state index >= 15 is 0 Å². The minimum Gasteiger partial charge on any atom is -0.305 e. The SMILES string of the molecule is Brc1cccc(N2CN(c3ccccc3)c3nccnc32)c1. The first kappa shape index (κ1) is 13.3. The van der Waals surface area contributed by atoms with E-state index in [4.69, 9.17) is 0 Å². The third-order valence-electron chi connectivity index (χ3n) is 3.64. The van der Waals surface area contributed by atoms with Crippen LogP contribution in [0.15, 0.2) is 71.5 Å². The van der Waals surface area contributed by atoms with E-state index in [0.717, 1.165) is 27.5 Å². The Balaban J connectivity index is 1.81. The quantitative estimate of drug-likeness (QED) is 0.680. The third-order valence-corrected chi connectivity index (χ3v) is 4.14. The smallest absolute Gasteiger partial charge is 0.178 e. The molecule has 1 aromatic heterocycles. The van der Waals surface area contributed by atoms with E-state index < -0.39 is 0 Å². The van der Waals surface area contributed by atoms with Gasteiger partial charge in [-0.25, -0.2) is 9.97 Å². The van der Waals surface area contributed by atoms with Crippen LogP contribution in [0.2, 0.25) is 0 Å². The minimum atomic E-state index is 0.694. The van der Waals surface area contributed by atoms with Gasteiger partial charge < -0.3 is 9.80 Å². The summed E-state index contributed by atoms with van der Waals surface area (Å²) in [6.45, 7) is 0.694. The minimum absolute atomic E-state index is 0.694. The van der Waals surface area contributed by atoms with Crippen LogP contribution in [-0.2, 0) is 0 Å². The summed E-state index contributed by atoms with van der Waals surface area (Å²) in [6, 6.07) is 18.5. The average molecular weight is 353 g/mol. The second kappa shape index (κ2) is 5.42. The predicted molar refractivity (Wildman–Crippen MR) is 91.8 cm³/mol. The van der Waals surface area contributed by atoms with Gasteiger partial charge in [0.05, 0.1) is 0 Å². The molecule has 3 aromatic rings. The average Bonchev–Trinajstić information content (AvgIpc) is 2.95. The molecule has 0 saturated carbocycles. The molecule has 0 bridgehead atoms. The second-order valence-corrected chi connectivity index (χ2v) is 5.93. The lowest BCUT2D eigenvalue weighted by Crippen LogP contribution is -2.24. The summed E-state index contributed by atoms with van der Waals surface area (Å²) in [5, 5.41) is 0. The first-order valence-electron chi connectivity index (χ1n) is 6.99. The summed E-state index contributed by atoms with van der Waals surface area (Å²) >= 11 is 3.53. The summed E-state index contributed by atoms with van der Waals surface area (Å²) < 4.78 is 1.05. The van der Waals surface area contributed by atoms with E-state index in [2.05, 4.69) is 60.0 Å². The fourth-order valence-electron chi connectivity index (χ4n) is 2.64. The lowest BCUT2D eigenvalue weighted by atomic mass is 10.3. The number of para-hydroxylation sites is 1. The maximum Gasteiger partial charge on any atom is 0.178 e. The van der Waals surface area contributed by atoms with Gasteiger partial charge in [-0.2, -0.15) is 0 Å². The van der Waals surface area contributed by atoms with Crippen molar-refractivity contribution in [3.63, 3.8) is 0 Å². The van der Waals surface area contributed by atoms with Crippen molar-refractivity contribution in [3.05, 3.63) is 71.5 Å². The topological polar surface area (TPSA) is 32.3 Å². The molecule has 0 amide bonds. The molecule has 1 aliphatic heterocycles. The molecule has 5 heteroatoms. The highest BCUT2D eigenvalue weighted by Gasteiger charge is 2.30. The molecular weight excluding hydrogens is 340 g/mol. The molecule has 22 heavy (non-hydrogen) atoms. The molecule has 0 saturated heterocycles. The monoisotopic (exact) mass is 352 g/mol. The van der Waals surface area contributed by atoms with E-state index in [1.807, 2.05) is 30.3 Å². The Labute approximate surface area is 137 Å². The van der Waals surface area contributed by atoms with Crippen molar-refractivity contribution in [2.24, 2.45) is 0 Å². The number of aromatic nitrogens is 2. The van der Waals surface area contributed by atoms with Crippen molar-refractivity contribution in [2.75, 3.05) is 16.5 Å². The number of anilines is 4. The van der Waals surface area contributed by atoms with E-state index in [0.29, 0.717) is 6.67 Å². The zero-order valence-corrected chi connectivity index (χ0v) is 13.3. The van der Waals surface area contributed by atoms with Crippen LogP contribution in [-0.4, -0.2) is 16.6 Å². The number of hydrogen-bond acceptors (Lipinski definition) is 4. The normalized spacial score (nSPS) is 13.3. The van der Waals surface area contributed by atoms with Crippen molar-refractivity contribution in [1.82, 2.24) is 9.97 Å². The molecule has 2 heterocycles. The highest BCUT2D eigenvalue weighted by atomic mass is 79.9. The van der Waals surface area contributed by atoms with Crippen molar-refractivity contribution in [3.8, 4) is 0 Å². The molecule has 1 aliphatic rings. The Morgan fingerprint density at radius 3 is 2.09 bits per heavy atom. The van der Waals surface area contributed by atoms with Crippen LogP contribution >= 0.6 is 15.9 Å². The Kier molecular flexibility index (Phi) is 3.27. The Morgan fingerprint density at radius 2 is 1.41 bits per heavy atom. The molecule has 0 fully saturated rings. The summed E-state index contributed by atoms with van der Waals surface area (Å²) in [4.78, 5) is 13.4. The number of halogens is 1. The van der Waals surface area contributed by atoms with Gasteiger partial charge in [0.25, 0.3) is 0 Å². The Hall–Kier alpha value is -2.40. The lowest BCUT2D eigenvalue weighted by Gasteiger charge is -2.21.